The number of hydrogen-bond donors (Lipinski definition) is 3. The summed E-state index contributed by atoms with van der Waals surface area (Å²) in [5, 5.41) is 21.3. The number of ether oxygens (including phenoxy) is 1. The number of esters is 1. The lowest BCUT2D eigenvalue weighted by molar-refractivity contribution is 0.0528. The first kappa shape index (κ1) is 18.7. The second kappa shape index (κ2) is 7.63. The van der Waals surface area contributed by atoms with Crippen molar-refractivity contribution in [3.8, 4) is 5.75 Å². The first-order valence-electron chi connectivity index (χ1n) is 8.36. The number of carbonyl (C=O) groups is 2. The summed E-state index contributed by atoms with van der Waals surface area (Å²) in [5.41, 5.74) is 0.0328. The molecule has 1 aromatic carbocycles. The van der Waals surface area contributed by atoms with E-state index in [1.54, 1.807) is 25.1 Å². The van der Waals surface area contributed by atoms with Crippen molar-refractivity contribution in [3.05, 3.63) is 51.9 Å². The summed E-state index contributed by atoms with van der Waals surface area (Å²) >= 11 is 1.28. The minimum atomic E-state index is -0.580. The Balaban J connectivity index is 1.97. The maximum atomic E-state index is 12.7. The fourth-order valence-electron chi connectivity index (χ4n) is 2.55. The number of phenols is 1. The molecule has 7 nitrogen and oxygen atoms in total. The van der Waals surface area contributed by atoms with E-state index >= 15 is 0 Å². The van der Waals surface area contributed by atoms with Crippen LogP contribution in [0, 0.1) is 5.41 Å². The van der Waals surface area contributed by atoms with Crippen LogP contribution < -0.4 is 10.9 Å². The first-order chi connectivity index (χ1) is 12.9. The van der Waals surface area contributed by atoms with Crippen LogP contribution in [0.25, 0.3) is 11.0 Å². The predicted octanol–water partition coefficient (Wildman–Crippen LogP) is 3.67. The molecular formula is C19H18N2O5S. The quantitative estimate of drug-likeness (QED) is 0.579. The van der Waals surface area contributed by atoms with Gasteiger partial charge in [-0.1, -0.05) is 19.1 Å². The van der Waals surface area contributed by atoms with E-state index in [9.17, 15) is 14.7 Å². The predicted molar refractivity (Wildman–Crippen MR) is 101 cm³/mol. The van der Waals surface area contributed by atoms with Crippen molar-refractivity contribution in [2.45, 2.75) is 20.3 Å². The Labute approximate surface area is 158 Å². The van der Waals surface area contributed by atoms with Crippen molar-refractivity contribution >= 4 is 39.2 Å². The largest absolute Gasteiger partial charge is 0.504 e. The number of phenolic OH excluding ortho intramolecular Hbond substituents is 1. The van der Waals surface area contributed by atoms with Crippen LogP contribution in [0.3, 0.4) is 0 Å². The molecule has 0 aliphatic heterocycles. The van der Waals surface area contributed by atoms with Crippen LogP contribution in [0.5, 0.6) is 5.75 Å². The van der Waals surface area contributed by atoms with Gasteiger partial charge in [-0.25, -0.2) is 4.79 Å². The number of aromatic hydroxyl groups is 1. The minimum Gasteiger partial charge on any atom is -0.504 e. The molecule has 27 heavy (non-hydrogen) atoms. The van der Waals surface area contributed by atoms with Crippen molar-refractivity contribution in [1.29, 1.82) is 5.41 Å². The molecule has 0 radical (unpaired) electrons. The number of nitrogens with one attached hydrogen (secondary N) is 2. The molecule has 2 aromatic heterocycles. The molecule has 2 heterocycles. The second-order valence-electron chi connectivity index (χ2n) is 5.67. The fourth-order valence-corrected chi connectivity index (χ4v) is 3.53. The lowest BCUT2D eigenvalue weighted by Crippen LogP contribution is -2.21. The van der Waals surface area contributed by atoms with Gasteiger partial charge in [0.05, 0.1) is 12.2 Å². The number of thiophene rings is 1. The third-order valence-electron chi connectivity index (χ3n) is 3.87. The van der Waals surface area contributed by atoms with Gasteiger partial charge in [0.25, 0.3) is 5.91 Å². The third kappa shape index (κ3) is 3.70. The molecule has 8 heteroatoms. The smallest absolute Gasteiger partial charge is 0.341 e. The van der Waals surface area contributed by atoms with Gasteiger partial charge in [0.2, 0.25) is 5.55 Å². The molecule has 3 N–H and O–H groups in total. The summed E-state index contributed by atoms with van der Waals surface area (Å²) in [6, 6.07) is 7.88. The zero-order valence-electron chi connectivity index (χ0n) is 14.8. The Hall–Kier alpha value is -3.13. The van der Waals surface area contributed by atoms with Gasteiger partial charge in [-0.05, 0) is 31.5 Å². The number of amides is 1. The van der Waals surface area contributed by atoms with Crippen LogP contribution in [0.4, 0.5) is 5.00 Å². The lowest BCUT2D eigenvalue weighted by Gasteiger charge is -2.07. The first-order valence-corrected chi connectivity index (χ1v) is 9.17. The SMILES string of the molecule is CCOC(=O)c1cc(CC)sc1NC(=O)c1cc2cccc(O)c2oc1=N. The van der Waals surface area contributed by atoms with Crippen LogP contribution in [0.1, 0.15) is 39.4 Å². The lowest BCUT2D eigenvalue weighted by atomic mass is 10.1. The zero-order chi connectivity index (χ0) is 19.6. The van der Waals surface area contributed by atoms with E-state index in [1.807, 2.05) is 6.92 Å². The maximum Gasteiger partial charge on any atom is 0.341 e. The third-order valence-corrected chi connectivity index (χ3v) is 5.07. The minimum absolute atomic E-state index is 0.00522. The standard InChI is InChI=1S/C19H18N2O5S/c1-3-11-9-13(19(24)25-4-2)18(27-11)21-17(23)12-8-10-6-5-7-14(22)15(10)26-16(12)20/h5-9,20,22H,3-4H2,1-2H3,(H,21,23). The second-order valence-corrected chi connectivity index (χ2v) is 6.81. The molecular weight excluding hydrogens is 368 g/mol. The molecule has 0 unspecified atom stereocenters. The number of hydrogen-bond acceptors (Lipinski definition) is 7. The number of para-hydroxylation sites is 1. The van der Waals surface area contributed by atoms with Crippen molar-refractivity contribution < 1.29 is 23.8 Å². The fraction of sp³-hybridized carbons (Fsp3) is 0.211. The summed E-state index contributed by atoms with van der Waals surface area (Å²) in [6.45, 7) is 3.89. The highest BCUT2D eigenvalue weighted by molar-refractivity contribution is 7.16. The van der Waals surface area contributed by atoms with Crippen LogP contribution in [0.2, 0.25) is 0 Å². The van der Waals surface area contributed by atoms with Gasteiger partial charge in [-0.3, -0.25) is 10.2 Å². The van der Waals surface area contributed by atoms with Gasteiger partial charge in [-0.2, -0.15) is 0 Å². The molecule has 3 rings (SSSR count). The van der Waals surface area contributed by atoms with E-state index in [4.69, 9.17) is 14.6 Å². The average molecular weight is 386 g/mol. The molecule has 0 fully saturated rings. The average Bonchev–Trinajstić information content (AvgIpc) is 3.05. The molecule has 1 amide bonds. The van der Waals surface area contributed by atoms with Crippen LogP contribution in [-0.2, 0) is 11.2 Å². The van der Waals surface area contributed by atoms with Crippen LogP contribution in [0.15, 0.2) is 34.7 Å². The van der Waals surface area contributed by atoms with Crippen LogP contribution >= 0.6 is 11.3 Å². The summed E-state index contributed by atoms with van der Waals surface area (Å²) in [5.74, 6) is -1.20. The molecule has 0 atom stereocenters. The monoisotopic (exact) mass is 386 g/mol. The highest BCUT2D eigenvalue weighted by Crippen LogP contribution is 2.30. The summed E-state index contributed by atoms with van der Waals surface area (Å²) in [7, 11) is 0. The zero-order valence-corrected chi connectivity index (χ0v) is 15.6. The van der Waals surface area contributed by atoms with Gasteiger partial charge in [0, 0.05) is 10.3 Å². The molecule has 3 aromatic rings. The van der Waals surface area contributed by atoms with E-state index in [0.29, 0.717) is 16.8 Å². The number of carbonyl (C=O) groups excluding carboxylic acids is 2. The van der Waals surface area contributed by atoms with Crippen molar-refractivity contribution in [2.24, 2.45) is 0 Å². The van der Waals surface area contributed by atoms with Gasteiger partial charge >= 0.3 is 5.97 Å². The number of anilines is 1. The molecule has 0 aliphatic carbocycles. The number of aryl methyl sites for hydroxylation is 1. The Bertz CT molecular complexity index is 1080. The van der Waals surface area contributed by atoms with E-state index in [2.05, 4.69) is 5.32 Å². The molecule has 140 valence electrons. The normalized spacial score (nSPS) is 10.7. The van der Waals surface area contributed by atoms with Crippen molar-refractivity contribution in [3.63, 3.8) is 0 Å². The van der Waals surface area contributed by atoms with E-state index in [1.165, 1.54) is 23.5 Å². The van der Waals surface area contributed by atoms with Gasteiger partial charge < -0.3 is 19.6 Å². The summed E-state index contributed by atoms with van der Waals surface area (Å²) < 4.78 is 10.3. The molecule has 0 saturated carbocycles. The molecule has 0 saturated heterocycles. The summed E-state index contributed by atoms with van der Waals surface area (Å²) in [6.07, 6.45) is 0.710. The van der Waals surface area contributed by atoms with Gasteiger partial charge in [-0.15, -0.1) is 11.3 Å². The van der Waals surface area contributed by atoms with E-state index < -0.39 is 11.9 Å². The van der Waals surface area contributed by atoms with E-state index in [0.717, 1.165) is 4.88 Å². The maximum absolute atomic E-state index is 12.7. The van der Waals surface area contributed by atoms with E-state index in [-0.39, 0.29) is 34.6 Å². The Morgan fingerprint density at radius 2 is 2.04 bits per heavy atom. The molecule has 0 spiro atoms. The van der Waals surface area contributed by atoms with Crippen LogP contribution in [-0.4, -0.2) is 23.6 Å². The molecule has 0 bridgehead atoms. The van der Waals surface area contributed by atoms with Gasteiger partial charge in [0.15, 0.2) is 11.3 Å². The Kier molecular flexibility index (Phi) is 5.27. The number of rotatable bonds is 5. The van der Waals surface area contributed by atoms with Gasteiger partial charge in [0.1, 0.15) is 10.6 Å². The number of benzene rings is 1. The van der Waals surface area contributed by atoms with Crippen molar-refractivity contribution in [1.82, 2.24) is 0 Å². The summed E-state index contributed by atoms with van der Waals surface area (Å²) in [4.78, 5) is 25.8. The van der Waals surface area contributed by atoms with Crippen molar-refractivity contribution in [2.75, 3.05) is 11.9 Å². The number of fused-ring (bicyclic) bond motifs is 1. The highest BCUT2D eigenvalue weighted by Gasteiger charge is 2.21. The molecule has 0 aliphatic rings. The highest BCUT2D eigenvalue weighted by atomic mass is 32.1. The Morgan fingerprint density at radius 1 is 1.26 bits per heavy atom. The Morgan fingerprint density at radius 3 is 2.74 bits per heavy atom. The topological polar surface area (TPSA) is 113 Å².